The van der Waals surface area contributed by atoms with Crippen LogP contribution in [-0.2, 0) is 0 Å². The number of benzene rings is 2. The molecule has 1 aromatic heterocycles. The van der Waals surface area contributed by atoms with E-state index in [-0.39, 0.29) is 6.79 Å². The van der Waals surface area contributed by atoms with Crippen molar-refractivity contribution in [2.75, 3.05) is 12.5 Å². The van der Waals surface area contributed by atoms with Gasteiger partial charge in [0.15, 0.2) is 22.5 Å². The first-order chi connectivity index (χ1) is 13.9. The number of para-hydroxylation sites is 1. The Balaban J connectivity index is 1.49. The Morgan fingerprint density at radius 1 is 0.929 bits per heavy atom. The summed E-state index contributed by atoms with van der Waals surface area (Å²) in [6.07, 6.45) is 6.77. The molecule has 0 radical (unpaired) electrons. The first-order valence-electron chi connectivity index (χ1n) is 9.92. The van der Waals surface area contributed by atoms with Crippen LogP contribution in [0.1, 0.15) is 32.1 Å². The van der Waals surface area contributed by atoms with Crippen LogP contribution in [0.5, 0.6) is 11.5 Å². The molecule has 144 valence electrons. The molecule has 3 aromatic rings. The van der Waals surface area contributed by atoms with Gasteiger partial charge < -0.3 is 9.47 Å². The molecule has 1 aliphatic carbocycles. The summed E-state index contributed by atoms with van der Waals surface area (Å²) in [6.45, 7) is 0.270. The second-order valence-corrected chi connectivity index (χ2v) is 8.35. The van der Waals surface area contributed by atoms with E-state index in [2.05, 4.69) is 26.9 Å². The highest BCUT2D eigenvalue weighted by atomic mass is 32.2. The van der Waals surface area contributed by atoms with Crippen molar-refractivity contribution in [3.8, 4) is 28.6 Å². The van der Waals surface area contributed by atoms with Crippen LogP contribution in [0.3, 0.4) is 0 Å². The topological polar surface area (TPSA) is 49.2 Å². The smallest absolute Gasteiger partial charge is 0.231 e. The number of rotatable bonds is 5. The Labute approximate surface area is 169 Å². The third-order valence-electron chi connectivity index (χ3n) is 5.45. The van der Waals surface area contributed by atoms with E-state index in [0.717, 1.165) is 45.4 Å². The van der Waals surface area contributed by atoms with Crippen LogP contribution in [0, 0.1) is 5.92 Å². The zero-order valence-electron chi connectivity index (χ0n) is 15.7. The molecule has 6 heteroatoms. The van der Waals surface area contributed by atoms with Crippen molar-refractivity contribution in [1.82, 2.24) is 14.8 Å². The fraction of sp³-hybridized carbons (Fsp3) is 0.364. The summed E-state index contributed by atoms with van der Waals surface area (Å²) in [5.74, 6) is 4.26. The second-order valence-electron chi connectivity index (χ2n) is 7.36. The van der Waals surface area contributed by atoms with Gasteiger partial charge in [-0.05, 0) is 49.1 Å². The molecule has 28 heavy (non-hydrogen) atoms. The third kappa shape index (κ3) is 3.49. The summed E-state index contributed by atoms with van der Waals surface area (Å²) in [7, 11) is 0. The summed E-state index contributed by atoms with van der Waals surface area (Å²) in [5.41, 5.74) is 2.05. The fourth-order valence-electron chi connectivity index (χ4n) is 3.94. The summed E-state index contributed by atoms with van der Waals surface area (Å²) in [6, 6.07) is 16.3. The van der Waals surface area contributed by atoms with Crippen molar-refractivity contribution >= 4 is 11.8 Å². The van der Waals surface area contributed by atoms with E-state index in [4.69, 9.17) is 9.47 Å². The predicted octanol–water partition coefficient (Wildman–Crippen LogP) is 5.34. The third-order valence-corrected chi connectivity index (χ3v) is 6.61. The molecule has 0 unspecified atom stereocenters. The minimum atomic E-state index is 0.270. The van der Waals surface area contributed by atoms with Gasteiger partial charge in [-0.15, -0.1) is 10.2 Å². The number of ether oxygens (including phenoxy) is 2. The van der Waals surface area contributed by atoms with Gasteiger partial charge in [0, 0.05) is 17.0 Å². The Kier molecular flexibility index (Phi) is 4.95. The van der Waals surface area contributed by atoms with Crippen molar-refractivity contribution in [3.63, 3.8) is 0 Å². The molecule has 0 N–H and O–H groups in total. The maximum Gasteiger partial charge on any atom is 0.231 e. The maximum atomic E-state index is 5.55. The van der Waals surface area contributed by atoms with Gasteiger partial charge in [-0.2, -0.15) is 0 Å². The van der Waals surface area contributed by atoms with Crippen molar-refractivity contribution in [1.29, 1.82) is 0 Å². The molecular weight excluding hydrogens is 370 g/mol. The zero-order valence-corrected chi connectivity index (χ0v) is 16.5. The summed E-state index contributed by atoms with van der Waals surface area (Å²) in [5, 5.41) is 10.0. The molecule has 5 nitrogen and oxygen atoms in total. The quantitative estimate of drug-likeness (QED) is 0.548. The number of aromatic nitrogens is 3. The molecule has 2 aromatic carbocycles. The molecule has 2 aliphatic rings. The molecule has 1 aliphatic heterocycles. The van der Waals surface area contributed by atoms with Crippen molar-refractivity contribution < 1.29 is 9.47 Å². The van der Waals surface area contributed by atoms with Gasteiger partial charge in [0.1, 0.15) is 0 Å². The predicted molar refractivity (Wildman–Crippen MR) is 110 cm³/mol. The van der Waals surface area contributed by atoms with Crippen molar-refractivity contribution in [3.05, 3.63) is 48.5 Å². The normalized spacial score (nSPS) is 16.4. The highest BCUT2D eigenvalue weighted by Crippen LogP contribution is 2.37. The molecule has 0 atom stereocenters. The van der Waals surface area contributed by atoms with Gasteiger partial charge in [-0.25, -0.2) is 0 Å². The molecule has 0 bridgehead atoms. The molecule has 0 saturated heterocycles. The van der Waals surface area contributed by atoms with Gasteiger partial charge in [-0.3, -0.25) is 4.57 Å². The molecule has 0 amide bonds. The molecule has 0 spiro atoms. The summed E-state index contributed by atoms with van der Waals surface area (Å²) < 4.78 is 13.2. The van der Waals surface area contributed by atoms with E-state index in [9.17, 15) is 0 Å². The van der Waals surface area contributed by atoms with E-state index in [1.807, 2.05) is 48.2 Å². The van der Waals surface area contributed by atoms with E-state index >= 15 is 0 Å². The van der Waals surface area contributed by atoms with Crippen LogP contribution in [0.15, 0.2) is 53.7 Å². The van der Waals surface area contributed by atoms with E-state index < -0.39 is 0 Å². The SMILES string of the molecule is c1ccc(-n2c(SCC3CCCCC3)nnc2-c2ccc3c(c2)OCO3)cc1. The van der Waals surface area contributed by atoms with E-state index in [1.54, 1.807) is 0 Å². The van der Waals surface area contributed by atoms with Crippen LogP contribution < -0.4 is 9.47 Å². The highest BCUT2D eigenvalue weighted by Gasteiger charge is 2.21. The Hall–Kier alpha value is -2.47. The average molecular weight is 394 g/mol. The Morgan fingerprint density at radius 2 is 1.75 bits per heavy atom. The van der Waals surface area contributed by atoms with Crippen LogP contribution in [0.2, 0.25) is 0 Å². The number of fused-ring (bicyclic) bond motifs is 1. The lowest BCUT2D eigenvalue weighted by Crippen LogP contribution is -2.09. The minimum absolute atomic E-state index is 0.270. The van der Waals surface area contributed by atoms with Crippen LogP contribution in [0.4, 0.5) is 0 Å². The van der Waals surface area contributed by atoms with Crippen molar-refractivity contribution in [2.45, 2.75) is 37.3 Å². The van der Waals surface area contributed by atoms with Gasteiger partial charge in [0.25, 0.3) is 0 Å². The molecule has 1 fully saturated rings. The van der Waals surface area contributed by atoms with Gasteiger partial charge in [0.2, 0.25) is 6.79 Å². The van der Waals surface area contributed by atoms with Crippen molar-refractivity contribution in [2.24, 2.45) is 5.92 Å². The second kappa shape index (κ2) is 7.87. The van der Waals surface area contributed by atoms with Gasteiger partial charge in [0.05, 0.1) is 0 Å². The lowest BCUT2D eigenvalue weighted by Gasteiger charge is -2.20. The minimum Gasteiger partial charge on any atom is -0.454 e. The van der Waals surface area contributed by atoms with Gasteiger partial charge >= 0.3 is 0 Å². The highest BCUT2D eigenvalue weighted by molar-refractivity contribution is 7.99. The standard InChI is InChI=1S/C22H23N3O2S/c1-3-7-16(8-4-1)14-28-22-24-23-21(25(22)18-9-5-2-6-10-18)17-11-12-19-20(13-17)27-15-26-19/h2,5-6,9-13,16H,1,3-4,7-8,14-15H2. The monoisotopic (exact) mass is 393 g/mol. The number of nitrogens with zero attached hydrogens (tertiary/aromatic N) is 3. The molecule has 2 heterocycles. The number of hydrogen-bond donors (Lipinski definition) is 0. The Bertz CT molecular complexity index is 952. The Morgan fingerprint density at radius 3 is 2.61 bits per heavy atom. The average Bonchev–Trinajstić information content (AvgIpc) is 3.40. The van der Waals surface area contributed by atoms with Crippen LogP contribution >= 0.6 is 11.8 Å². The first-order valence-corrected chi connectivity index (χ1v) is 10.9. The molecule has 5 rings (SSSR count). The van der Waals surface area contributed by atoms with Crippen LogP contribution in [-0.4, -0.2) is 27.3 Å². The van der Waals surface area contributed by atoms with E-state index in [0.29, 0.717) is 0 Å². The molecule has 1 saturated carbocycles. The number of thioether (sulfide) groups is 1. The van der Waals surface area contributed by atoms with Crippen LogP contribution in [0.25, 0.3) is 17.1 Å². The summed E-state index contributed by atoms with van der Waals surface area (Å²) >= 11 is 1.82. The summed E-state index contributed by atoms with van der Waals surface area (Å²) in [4.78, 5) is 0. The lowest BCUT2D eigenvalue weighted by molar-refractivity contribution is 0.174. The largest absolute Gasteiger partial charge is 0.454 e. The number of hydrogen-bond acceptors (Lipinski definition) is 5. The molecular formula is C22H23N3O2S. The fourth-order valence-corrected chi connectivity index (χ4v) is 5.08. The first kappa shape index (κ1) is 17.6. The van der Waals surface area contributed by atoms with E-state index in [1.165, 1.54) is 32.1 Å². The maximum absolute atomic E-state index is 5.55. The van der Waals surface area contributed by atoms with Gasteiger partial charge in [-0.1, -0.05) is 49.2 Å². The zero-order chi connectivity index (χ0) is 18.8. The lowest BCUT2D eigenvalue weighted by atomic mass is 9.91.